The second kappa shape index (κ2) is 5.08. The lowest BCUT2D eigenvalue weighted by Crippen LogP contribution is -2.30. The number of hydrogen-bond acceptors (Lipinski definition) is 3. The molecule has 0 aliphatic heterocycles. The molecule has 4 nitrogen and oxygen atoms in total. The van der Waals surface area contributed by atoms with Crippen molar-refractivity contribution < 1.29 is 0 Å². The quantitative estimate of drug-likeness (QED) is 0.909. The van der Waals surface area contributed by atoms with Crippen molar-refractivity contribution in [3.8, 4) is 0 Å². The molecule has 1 fully saturated rings. The first kappa shape index (κ1) is 13.4. The lowest BCUT2D eigenvalue weighted by Gasteiger charge is -2.32. The van der Waals surface area contributed by atoms with Gasteiger partial charge in [-0.05, 0) is 44.1 Å². The first-order chi connectivity index (χ1) is 9.52. The highest BCUT2D eigenvalue weighted by Crippen LogP contribution is 2.31. The van der Waals surface area contributed by atoms with Crippen LogP contribution in [0, 0.1) is 18.8 Å². The second-order valence-corrected chi connectivity index (χ2v) is 6.56. The van der Waals surface area contributed by atoms with Crippen LogP contribution in [0.3, 0.4) is 0 Å². The fourth-order valence-electron chi connectivity index (χ4n) is 3.69. The van der Waals surface area contributed by atoms with E-state index in [1.807, 2.05) is 24.9 Å². The highest BCUT2D eigenvalue weighted by atomic mass is 15.3. The third kappa shape index (κ3) is 2.51. The SMILES string of the molecule is Cc1nn(C)c2ncc(NC3CC(C)CC(C)C3)cc12. The first-order valence-corrected chi connectivity index (χ1v) is 7.59. The minimum atomic E-state index is 0.574. The van der Waals surface area contributed by atoms with Crippen molar-refractivity contribution in [2.75, 3.05) is 5.32 Å². The van der Waals surface area contributed by atoms with Gasteiger partial charge >= 0.3 is 0 Å². The Hall–Kier alpha value is -1.58. The van der Waals surface area contributed by atoms with Crippen LogP contribution in [0.25, 0.3) is 11.0 Å². The predicted octanol–water partition coefficient (Wildman–Crippen LogP) is 3.51. The minimum Gasteiger partial charge on any atom is -0.381 e. The fourth-order valence-corrected chi connectivity index (χ4v) is 3.69. The number of anilines is 1. The second-order valence-electron chi connectivity index (χ2n) is 6.56. The van der Waals surface area contributed by atoms with E-state index in [2.05, 4.69) is 35.3 Å². The number of nitrogens with one attached hydrogen (secondary N) is 1. The van der Waals surface area contributed by atoms with E-state index in [9.17, 15) is 0 Å². The maximum Gasteiger partial charge on any atom is 0.157 e. The lowest BCUT2D eigenvalue weighted by molar-refractivity contribution is 0.281. The molecule has 1 saturated carbocycles. The van der Waals surface area contributed by atoms with Gasteiger partial charge in [0.05, 0.1) is 17.6 Å². The van der Waals surface area contributed by atoms with Crippen LogP contribution >= 0.6 is 0 Å². The zero-order valence-corrected chi connectivity index (χ0v) is 12.8. The molecule has 0 spiro atoms. The van der Waals surface area contributed by atoms with Crippen molar-refractivity contribution in [3.63, 3.8) is 0 Å². The summed E-state index contributed by atoms with van der Waals surface area (Å²) in [7, 11) is 1.94. The van der Waals surface area contributed by atoms with Gasteiger partial charge in [-0.1, -0.05) is 13.8 Å². The van der Waals surface area contributed by atoms with Gasteiger partial charge in [-0.25, -0.2) is 4.98 Å². The molecule has 2 unspecified atom stereocenters. The predicted molar refractivity (Wildman–Crippen MR) is 82.8 cm³/mol. The molecule has 0 bridgehead atoms. The molecule has 0 amide bonds. The van der Waals surface area contributed by atoms with E-state index < -0.39 is 0 Å². The van der Waals surface area contributed by atoms with Crippen molar-refractivity contribution in [1.29, 1.82) is 0 Å². The molecule has 1 aliphatic carbocycles. The molecule has 1 N–H and O–H groups in total. The van der Waals surface area contributed by atoms with E-state index in [1.54, 1.807) is 0 Å². The summed E-state index contributed by atoms with van der Waals surface area (Å²) in [5, 5.41) is 9.25. The van der Waals surface area contributed by atoms with Crippen molar-refractivity contribution in [2.45, 2.75) is 46.1 Å². The average Bonchev–Trinajstić information content (AvgIpc) is 2.63. The number of pyridine rings is 1. The van der Waals surface area contributed by atoms with Crippen molar-refractivity contribution in [1.82, 2.24) is 14.8 Å². The molecular formula is C16H24N4. The van der Waals surface area contributed by atoms with Gasteiger partial charge in [0.15, 0.2) is 5.65 Å². The van der Waals surface area contributed by atoms with Gasteiger partial charge in [-0.3, -0.25) is 4.68 Å². The van der Waals surface area contributed by atoms with E-state index in [0.29, 0.717) is 6.04 Å². The van der Waals surface area contributed by atoms with E-state index in [0.717, 1.165) is 34.3 Å². The average molecular weight is 272 g/mol. The monoisotopic (exact) mass is 272 g/mol. The summed E-state index contributed by atoms with van der Waals surface area (Å²) < 4.78 is 1.85. The van der Waals surface area contributed by atoms with Crippen LogP contribution in [-0.2, 0) is 7.05 Å². The molecule has 0 saturated heterocycles. The lowest BCUT2D eigenvalue weighted by atomic mass is 9.80. The standard InChI is InChI=1S/C16H24N4/c1-10-5-11(2)7-13(6-10)18-14-8-15-12(3)19-20(4)16(15)17-9-14/h8-11,13,18H,5-7H2,1-4H3. The highest BCUT2D eigenvalue weighted by Gasteiger charge is 2.23. The van der Waals surface area contributed by atoms with Gasteiger partial charge in [0.25, 0.3) is 0 Å². The molecule has 108 valence electrons. The van der Waals surface area contributed by atoms with Gasteiger partial charge in [0.2, 0.25) is 0 Å². The summed E-state index contributed by atoms with van der Waals surface area (Å²) in [6, 6.07) is 2.76. The molecule has 2 aromatic heterocycles. The fraction of sp³-hybridized carbons (Fsp3) is 0.625. The summed E-state index contributed by atoms with van der Waals surface area (Å²) in [5.41, 5.74) is 3.13. The largest absolute Gasteiger partial charge is 0.381 e. The Morgan fingerprint density at radius 1 is 1.20 bits per heavy atom. The highest BCUT2D eigenvalue weighted by molar-refractivity contribution is 5.81. The Morgan fingerprint density at radius 2 is 1.90 bits per heavy atom. The van der Waals surface area contributed by atoms with Crippen molar-refractivity contribution in [3.05, 3.63) is 18.0 Å². The number of nitrogens with zero attached hydrogens (tertiary/aromatic N) is 3. The number of aryl methyl sites for hydroxylation is 2. The maximum absolute atomic E-state index is 4.54. The zero-order valence-electron chi connectivity index (χ0n) is 12.8. The van der Waals surface area contributed by atoms with E-state index in [4.69, 9.17) is 0 Å². The van der Waals surface area contributed by atoms with Crippen LogP contribution in [-0.4, -0.2) is 20.8 Å². The molecular weight excluding hydrogens is 248 g/mol. The van der Waals surface area contributed by atoms with Gasteiger partial charge < -0.3 is 5.32 Å². The summed E-state index contributed by atoms with van der Waals surface area (Å²) in [5.74, 6) is 1.63. The summed E-state index contributed by atoms with van der Waals surface area (Å²) in [6.07, 6.45) is 5.81. The molecule has 2 heterocycles. The van der Waals surface area contributed by atoms with Crippen LogP contribution in [0.1, 0.15) is 38.8 Å². The summed E-state index contributed by atoms with van der Waals surface area (Å²) >= 11 is 0. The van der Waals surface area contributed by atoms with Gasteiger partial charge in [0, 0.05) is 18.5 Å². The first-order valence-electron chi connectivity index (χ1n) is 7.59. The van der Waals surface area contributed by atoms with E-state index >= 15 is 0 Å². The van der Waals surface area contributed by atoms with Crippen molar-refractivity contribution >= 4 is 16.7 Å². The molecule has 20 heavy (non-hydrogen) atoms. The Bertz CT molecular complexity index is 606. The smallest absolute Gasteiger partial charge is 0.157 e. The summed E-state index contributed by atoms with van der Waals surface area (Å²) in [4.78, 5) is 4.54. The molecule has 0 radical (unpaired) electrons. The van der Waals surface area contributed by atoms with Gasteiger partial charge in [0.1, 0.15) is 0 Å². The molecule has 0 aromatic carbocycles. The van der Waals surface area contributed by atoms with Crippen LogP contribution in [0.2, 0.25) is 0 Å². The molecule has 1 aliphatic rings. The van der Waals surface area contributed by atoms with Gasteiger partial charge in [-0.2, -0.15) is 5.10 Å². The zero-order chi connectivity index (χ0) is 14.3. The summed E-state index contributed by atoms with van der Waals surface area (Å²) in [6.45, 7) is 6.76. The molecule has 4 heteroatoms. The van der Waals surface area contributed by atoms with Gasteiger partial charge in [-0.15, -0.1) is 0 Å². The number of fused-ring (bicyclic) bond motifs is 1. The van der Waals surface area contributed by atoms with Crippen LogP contribution in [0.15, 0.2) is 12.3 Å². The topological polar surface area (TPSA) is 42.7 Å². The van der Waals surface area contributed by atoms with Crippen LogP contribution in [0.4, 0.5) is 5.69 Å². The molecule has 3 rings (SSSR count). The van der Waals surface area contributed by atoms with Crippen LogP contribution < -0.4 is 5.32 Å². The number of hydrogen-bond donors (Lipinski definition) is 1. The Labute approximate surface area is 120 Å². The third-order valence-corrected chi connectivity index (χ3v) is 4.41. The Balaban J connectivity index is 1.82. The van der Waals surface area contributed by atoms with Crippen LogP contribution in [0.5, 0.6) is 0 Å². The van der Waals surface area contributed by atoms with Crippen molar-refractivity contribution in [2.24, 2.45) is 18.9 Å². The molecule has 2 aromatic rings. The molecule has 2 atom stereocenters. The minimum absolute atomic E-state index is 0.574. The van der Waals surface area contributed by atoms with E-state index in [1.165, 1.54) is 19.3 Å². The third-order valence-electron chi connectivity index (χ3n) is 4.41. The number of rotatable bonds is 2. The Kier molecular flexibility index (Phi) is 3.40. The Morgan fingerprint density at radius 3 is 2.60 bits per heavy atom. The number of aromatic nitrogens is 3. The normalized spacial score (nSPS) is 26.9. The maximum atomic E-state index is 4.54. The van der Waals surface area contributed by atoms with E-state index in [-0.39, 0.29) is 0 Å².